The first-order chi connectivity index (χ1) is 18.6. The van der Waals surface area contributed by atoms with Crippen LogP contribution in [0.4, 0.5) is 0 Å². The summed E-state index contributed by atoms with van der Waals surface area (Å²) in [5, 5.41) is 0.786. The molecule has 40 heavy (non-hydrogen) atoms. The Morgan fingerprint density at radius 3 is 2.27 bits per heavy atom. The second-order valence-electron chi connectivity index (χ2n) is 10.4. The highest BCUT2D eigenvalue weighted by Gasteiger charge is 2.21. The summed E-state index contributed by atoms with van der Waals surface area (Å²) < 4.78 is 5.50. The number of unbranched alkanes of at least 4 members (excludes halogenated alkanes) is 6. The van der Waals surface area contributed by atoms with Crippen molar-refractivity contribution in [2.24, 2.45) is 0 Å². The molecule has 0 spiro atoms. The van der Waals surface area contributed by atoms with E-state index in [0.29, 0.717) is 13.0 Å². The number of fused-ring (bicyclic) bond motifs is 2. The van der Waals surface area contributed by atoms with Crippen LogP contribution in [0.5, 0.6) is 0 Å². The molecule has 0 radical (unpaired) electrons. The average Bonchev–Trinajstić information content (AvgIpc) is 2.93. The topological polar surface area (TPSA) is 32.8 Å². The number of benzene rings is 2. The van der Waals surface area contributed by atoms with Crippen LogP contribution < -0.4 is 0 Å². The van der Waals surface area contributed by atoms with Gasteiger partial charge in [0.05, 0.1) is 0 Å². The normalized spacial score (nSPS) is 16.0. The van der Waals surface area contributed by atoms with Gasteiger partial charge in [-0.2, -0.15) is 0 Å². The Kier molecular flexibility index (Phi) is 16.7. The summed E-state index contributed by atoms with van der Waals surface area (Å²) >= 11 is 8.19. The average molecular weight is 628 g/mol. The molecule has 2 aliphatic heterocycles. The van der Waals surface area contributed by atoms with E-state index in [-0.39, 0.29) is 30.8 Å². The van der Waals surface area contributed by atoms with Gasteiger partial charge in [-0.1, -0.05) is 93.1 Å². The molecule has 4 rings (SSSR count). The first-order valence-corrected chi connectivity index (χ1v) is 15.7. The summed E-state index contributed by atoms with van der Waals surface area (Å²) in [6, 6.07) is 14.9. The highest BCUT2D eigenvalue weighted by Crippen LogP contribution is 2.46. The molecule has 0 aromatic heterocycles. The van der Waals surface area contributed by atoms with E-state index in [1.165, 1.54) is 58.6 Å². The lowest BCUT2D eigenvalue weighted by Crippen LogP contribution is -2.47. The minimum Gasteiger partial charge on any atom is -0.464 e. The number of hydrogen-bond acceptors (Lipinski definition) is 5. The zero-order valence-corrected chi connectivity index (χ0v) is 27.0. The van der Waals surface area contributed by atoms with Gasteiger partial charge in [-0.05, 0) is 53.8 Å². The van der Waals surface area contributed by atoms with Crippen LogP contribution in [0.15, 0.2) is 58.3 Å². The van der Waals surface area contributed by atoms with Crippen molar-refractivity contribution in [3.05, 3.63) is 64.7 Å². The number of esters is 1. The molecule has 0 atom stereocenters. The van der Waals surface area contributed by atoms with Crippen LogP contribution in [0, 0.1) is 0 Å². The van der Waals surface area contributed by atoms with Crippen molar-refractivity contribution >= 4 is 59.7 Å². The first kappa shape index (κ1) is 35.0. The highest BCUT2D eigenvalue weighted by atomic mass is 35.5. The van der Waals surface area contributed by atoms with Crippen LogP contribution in [0.3, 0.4) is 0 Å². The van der Waals surface area contributed by atoms with Gasteiger partial charge in [0, 0.05) is 60.5 Å². The van der Waals surface area contributed by atoms with Gasteiger partial charge < -0.3 is 9.64 Å². The van der Waals surface area contributed by atoms with Crippen molar-refractivity contribution in [2.75, 3.05) is 45.9 Å². The number of carbonyl (C=O) groups excluding carboxylic acids is 1. The van der Waals surface area contributed by atoms with Crippen LogP contribution in [-0.4, -0.2) is 61.6 Å². The molecule has 2 aliphatic rings. The second kappa shape index (κ2) is 19.1. The monoisotopic (exact) mass is 626 g/mol. The fourth-order valence-corrected chi connectivity index (χ4v) is 6.54. The molecule has 2 heterocycles. The van der Waals surface area contributed by atoms with E-state index >= 15 is 0 Å². The van der Waals surface area contributed by atoms with E-state index in [0.717, 1.165) is 63.6 Å². The third kappa shape index (κ3) is 10.9. The van der Waals surface area contributed by atoms with Crippen molar-refractivity contribution in [3.63, 3.8) is 0 Å². The van der Waals surface area contributed by atoms with E-state index < -0.39 is 0 Å². The van der Waals surface area contributed by atoms with E-state index in [9.17, 15) is 4.79 Å². The fraction of sp³-hybridized carbons (Fsp3) is 0.531. The maximum atomic E-state index is 12.0. The van der Waals surface area contributed by atoms with Crippen molar-refractivity contribution in [1.29, 1.82) is 0 Å². The summed E-state index contributed by atoms with van der Waals surface area (Å²) in [5.74, 6) is -0.0317. The summed E-state index contributed by atoms with van der Waals surface area (Å²) in [4.78, 5) is 19.6. The number of ether oxygens (including phenoxy) is 1. The highest BCUT2D eigenvalue weighted by molar-refractivity contribution is 7.99. The van der Waals surface area contributed by atoms with Gasteiger partial charge in [0.15, 0.2) is 0 Å². The third-order valence-electron chi connectivity index (χ3n) is 7.54. The van der Waals surface area contributed by atoms with Crippen molar-refractivity contribution in [1.82, 2.24) is 9.80 Å². The predicted molar refractivity (Wildman–Crippen MR) is 175 cm³/mol. The summed E-state index contributed by atoms with van der Waals surface area (Å²) in [5.41, 5.74) is 3.85. The minimum atomic E-state index is -0.0317. The molecular weight excluding hydrogens is 583 g/mol. The van der Waals surface area contributed by atoms with Gasteiger partial charge in [0.1, 0.15) is 6.61 Å². The molecule has 0 unspecified atom stereocenters. The molecule has 0 amide bonds. The summed E-state index contributed by atoms with van der Waals surface area (Å²) in [6.45, 7) is 8.83. The van der Waals surface area contributed by atoms with Gasteiger partial charge in [0.2, 0.25) is 0 Å². The number of carbonyl (C=O) groups is 1. The summed E-state index contributed by atoms with van der Waals surface area (Å²) in [7, 11) is 0. The van der Waals surface area contributed by atoms with Gasteiger partial charge in [-0.15, -0.1) is 24.8 Å². The number of nitrogens with zero attached hydrogens (tertiary/aromatic N) is 2. The van der Waals surface area contributed by atoms with Crippen LogP contribution >= 0.6 is 48.2 Å². The van der Waals surface area contributed by atoms with Crippen molar-refractivity contribution in [2.45, 2.75) is 74.5 Å². The lowest BCUT2D eigenvalue weighted by atomic mass is 9.96. The van der Waals surface area contributed by atoms with Gasteiger partial charge in [-0.3, -0.25) is 9.69 Å². The number of hydrogen-bond donors (Lipinski definition) is 0. The van der Waals surface area contributed by atoms with E-state index in [2.05, 4.69) is 59.2 Å². The molecule has 0 N–H and O–H groups in total. The van der Waals surface area contributed by atoms with Gasteiger partial charge in [0.25, 0.3) is 0 Å². The van der Waals surface area contributed by atoms with E-state index in [1.54, 1.807) is 0 Å². The van der Waals surface area contributed by atoms with Crippen LogP contribution in [0.2, 0.25) is 5.02 Å². The zero-order chi connectivity index (χ0) is 26.6. The maximum absolute atomic E-state index is 12.0. The second-order valence-corrected chi connectivity index (χ2v) is 11.9. The molecule has 8 heteroatoms. The molecule has 2 aromatic rings. The lowest BCUT2D eigenvalue weighted by Gasteiger charge is -2.34. The predicted octanol–water partition coefficient (Wildman–Crippen LogP) is 8.77. The van der Waals surface area contributed by atoms with Crippen molar-refractivity contribution in [3.8, 4) is 0 Å². The molecule has 0 aliphatic carbocycles. The Balaban J connectivity index is 0.00000280. The Morgan fingerprint density at radius 1 is 0.875 bits per heavy atom. The molecule has 4 nitrogen and oxygen atoms in total. The SMILES string of the molecule is CCCCCCCCCC(=O)OCCN1CCN(CCC=C2c3ccccc3Sc3ccc(Cl)cc32)CC1.Cl.Cl. The van der Waals surface area contributed by atoms with Crippen LogP contribution in [-0.2, 0) is 9.53 Å². The largest absolute Gasteiger partial charge is 0.464 e. The molecule has 0 bridgehead atoms. The van der Waals surface area contributed by atoms with Crippen LogP contribution in [0.1, 0.15) is 75.8 Å². The molecule has 0 saturated carbocycles. The van der Waals surface area contributed by atoms with Crippen LogP contribution in [0.25, 0.3) is 5.57 Å². The molecule has 1 saturated heterocycles. The smallest absolute Gasteiger partial charge is 0.305 e. The number of halogens is 3. The quantitative estimate of drug-likeness (QED) is 0.132. The molecule has 1 fully saturated rings. The lowest BCUT2D eigenvalue weighted by molar-refractivity contribution is -0.144. The van der Waals surface area contributed by atoms with Gasteiger partial charge >= 0.3 is 5.97 Å². The van der Waals surface area contributed by atoms with Crippen molar-refractivity contribution < 1.29 is 9.53 Å². The van der Waals surface area contributed by atoms with E-state index in [1.807, 2.05) is 17.8 Å². The first-order valence-electron chi connectivity index (χ1n) is 14.5. The summed E-state index contributed by atoms with van der Waals surface area (Å²) in [6.07, 6.45) is 12.5. The molecule has 222 valence electrons. The Bertz CT molecular complexity index is 1070. The Morgan fingerprint density at radius 2 is 1.52 bits per heavy atom. The Labute approximate surface area is 263 Å². The van der Waals surface area contributed by atoms with Gasteiger partial charge in [-0.25, -0.2) is 0 Å². The molecular formula is C32H45Cl3N2O2S. The number of piperazine rings is 1. The number of rotatable bonds is 14. The maximum Gasteiger partial charge on any atom is 0.305 e. The minimum absolute atomic E-state index is 0. The molecule has 2 aromatic carbocycles. The third-order valence-corrected chi connectivity index (χ3v) is 8.93. The standard InChI is InChI=1S/C32H43ClN2O2S.2ClH/c1-2-3-4-5-6-7-8-15-32(36)37-24-23-35-21-19-34(20-22-35)18-11-13-27-28-12-9-10-14-30(28)38-31-17-16-26(33)25-29(27)31;;/h9-10,12-14,16-17,25H,2-8,11,15,18-24H2,1H3;2*1H. The fourth-order valence-electron chi connectivity index (χ4n) is 5.28. The Hall–Kier alpha value is -1.21. The zero-order valence-electron chi connectivity index (χ0n) is 23.7. The van der Waals surface area contributed by atoms with E-state index in [4.69, 9.17) is 16.3 Å².